The molecule has 1 aliphatic carbocycles. The molecule has 0 bridgehead atoms. The first-order valence-electron chi connectivity index (χ1n) is 7.37. The normalized spacial score (nSPS) is 27.8. The Labute approximate surface area is 124 Å². The first-order valence-corrected chi connectivity index (χ1v) is 8.68. The molecule has 3 unspecified atom stereocenters. The van der Waals surface area contributed by atoms with E-state index in [9.17, 15) is 0 Å². The van der Waals surface area contributed by atoms with Crippen molar-refractivity contribution in [2.24, 2.45) is 11.8 Å². The number of hydrogen-bond acceptors (Lipinski definition) is 1. The minimum absolute atomic E-state index is 0.376. The van der Waals surface area contributed by atoms with Crippen LogP contribution in [0.25, 0.3) is 10.1 Å². The summed E-state index contributed by atoms with van der Waals surface area (Å²) in [4.78, 5) is 0. The summed E-state index contributed by atoms with van der Waals surface area (Å²) in [5.74, 6) is 1.56. The molecule has 0 amide bonds. The minimum Gasteiger partial charge on any atom is -0.144 e. The van der Waals surface area contributed by atoms with E-state index in [0.29, 0.717) is 11.3 Å². The van der Waals surface area contributed by atoms with Gasteiger partial charge in [0.1, 0.15) is 0 Å². The smallest absolute Gasteiger partial charge is 0.0367 e. The van der Waals surface area contributed by atoms with Gasteiger partial charge in [-0.05, 0) is 59.9 Å². The fourth-order valence-corrected chi connectivity index (χ4v) is 4.67. The molecular formula is C17H21ClS. The molecule has 0 radical (unpaired) electrons. The molecule has 2 aromatic rings. The molecule has 1 aromatic carbocycles. The highest BCUT2D eigenvalue weighted by Gasteiger charge is 2.28. The predicted octanol–water partition coefficient (Wildman–Crippen LogP) is 5.88. The van der Waals surface area contributed by atoms with Crippen LogP contribution in [0.1, 0.15) is 38.2 Å². The molecule has 0 spiro atoms. The third kappa shape index (κ3) is 2.83. The van der Waals surface area contributed by atoms with Gasteiger partial charge in [-0.1, -0.05) is 31.5 Å². The van der Waals surface area contributed by atoms with E-state index in [4.69, 9.17) is 11.6 Å². The van der Waals surface area contributed by atoms with E-state index in [-0.39, 0.29) is 0 Å². The van der Waals surface area contributed by atoms with Crippen LogP contribution in [0.2, 0.25) is 0 Å². The van der Waals surface area contributed by atoms with Crippen molar-refractivity contribution in [3.8, 4) is 0 Å². The first-order chi connectivity index (χ1) is 9.28. The molecule has 19 heavy (non-hydrogen) atoms. The quantitative estimate of drug-likeness (QED) is 0.620. The highest BCUT2D eigenvalue weighted by atomic mass is 35.5. The van der Waals surface area contributed by atoms with Crippen LogP contribution in [0.3, 0.4) is 0 Å². The molecule has 1 heterocycles. The lowest BCUT2D eigenvalue weighted by molar-refractivity contribution is 0.265. The van der Waals surface area contributed by atoms with Gasteiger partial charge in [-0.2, -0.15) is 0 Å². The van der Waals surface area contributed by atoms with Gasteiger partial charge in [-0.15, -0.1) is 22.9 Å². The van der Waals surface area contributed by atoms with E-state index in [1.165, 1.54) is 41.3 Å². The van der Waals surface area contributed by atoms with Gasteiger partial charge in [0.25, 0.3) is 0 Å². The zero-order chi connectivity index (χ0) is 13.2. The van der Waals surface area contributed by atoms with Crippen molar-refractivity contribution in [2.45, 2.75) is 44.4 Å². The Morgan fingerprint density at radius 2 is 2.11 bits per heavy atom. The molecule has 2 heteroatoms. The fraction of sp³-hybridized carbons (Fsp3) is 0.529. The maximum Gasteiger partial charge on any atom is 0.0367 e. The summed E-state index contributed by atoms with van der Waals surface area (Å²) < 4.78 is 1.41. The molecule has 1 aliphatic rings. The van der Waals surface area contributed by atoms with Crippen molar-refractivity contribution in [2.75, 3.05) is 0 Å². The third-order valence-electron chi connectivity index (χ3n) is 4.62. The number of rotatable bonds is 3. The van der Waals surface area contributed by atoms with Gasteiger partial charge < -0.3 is 0 Å². The Hall–Kier alpha value is -0.530. The Kier molecular flexibility index (Phi) is 4.14. The van der Waals surface area contributed by atoms with Crippen LogP contribution in [0.15, 0.2) is 29.6 Å². The van der Waals surface area contributed by atoms with Crippen LogP contribution in [0, 0.1) is 11.8 Å². The molecule has 0 saturated heterocycles. The lowest BCUT2D eigenvalue weighted by Crippen LogP contribution is -2.26. The SMILES string of the molecule is CCC1CCC(Cl)C(Cc2csc3ccccc23)C1. The minimum atomic E-state index is 0.376. The number of halogens is 1. The van der Waals surface area contributed by atoms with Crippen LogP contribution in [0.4, 0.5) is 0 Å². The lowest BCUT2D eigenvalue weighted by atomic mass is 9.77. The van der Waals surface area contributed by atoms with Crippen molar-refractivity contribution in [1.82, 2.24) is 0 Å². The van der Waals surface area contributed by atoms with Crippen LogP contribution >= 0.6 is 22.9 Å². The van der Waals surface area contributed by atoms with Crippen LogP contribution in [-0.2, 0) is 6.42 Å². The van der Waals surface area contributed by atoms with Gasteiger partial charge in [0.05, 0.1) is 0 Å². The molecule has 0 N–H and O–H groups in total. The highest BCUT2D eigenvalue weighted by Crippen LogP contribution is 2.38. The maximum atomic E-state index is 6.58. The van der Waals surface area contributed by atoms with Crippen molar-refractivity contribution in [3.05, 3.63) is 35.2 Å². The van der Waals surface area contributed by atoms with Gasteiger partial charge in [0, 0.05) is 10.1 Å². The molecule has 3 rings (SSSR count). The molecule has 102 valence electrons. The largest absolute Gasteiger partial charge is 0.144 e. The maximum absolute atomic E-state index is 6.58. The number of alkyl halides is 1. The second-order valence-corrected chi connectivity index (χ2v) is 7.30. The highest BCUT2D eigenvalue weighted by molar-refractivity contribution is 7.17. The van der Waals surface area contributed by atoms with Gasteiger partial charge in [-0.25, -0.2) is 0 Å². The summed E-state index contributed by atoms with van der Waals surface area (Å²) in [6.45, 7) is 2.32. The van der Waals surface area contributed by atoms with Gasteiger partial charge in [0.15, 0.2) is 0 Å². The second kappa shape index (κ2) is 5.85. The number of benzene rings is 1. The average Bonchev–Trinajstić information content (AvgIpc) is 2.85. The molecule has 1 fully saturated rings. The number of hydrogen-bond donors (Lipinski definition) is 0. The third-order valence-corrected chi connectivity index (χ3v) is 6.21. The molecule has 0 nitrogen and oxygen atoms in total. The average molecular weight is 293 g/mol. The van der Waals surface area contributed by atoms with Crippen LogP contribution in [0.5, 0.6) is 0 Å². The van der Waals surface area contributed by atoms with Crippen molar-refractivity contribution < 1.29 is 0 Å². The summed E-state index contributed by atoms with van der Waals surface area (Å²) in [6, 6.07) is 8.75. The van der Waals surface area contributed by atoms with Crippen LogP contribution in [-0.4, -0.2) is 5.38 Å². The summed E-state index contributed by atoms with van der Waals surface area (Å²) in [7, 11) is 0. The van der Waals surface area contributed by atoms with E-state index < -0.39 is 0 Å². The van der Waals surface area contributed by atoms with E-state index in [1.54, 1.807) is 0 Å². The standard InChI is InChI=1S/C17H21ClS/c1-2-12-7-8-16(18)13(9-12)10-14-11-19-17-6-4-3-5-15(14)17/h3-6,11-13,16H,2,7-10H2,1H3. The molecule has 3 atom stereocenters. The number of thiophene rings is 1. The summed E-state index contributed by atoms with van der Waals surface area (Å²) in [5.41, 5.74) is 1.51. The zero-order valence-electron chi connectivity index (χ0n) is 11.4. The second-order valence-electron chi connectivity index (χ2n) is 5.82. The summed E-state index contributed by atoms with van der Waals surface area (Å²) in [6.07, 6.45) is 6.31. The van der Waals surface area contributed by atoms with Crippen molar-refractivity contribution in [1.29, 1.82) is 0 Å². The molecule has 1 aromatic heterocycles. The van der Waals surface area contributed by atoms with Gasteiger partial charge >= 0.3 is 0 Å². The van der Waals surface area contributed by atoms with Crippen LogP contribution < -0.4 is 0 Å². The van der Waals surface area contributed by atoms with E-state index in [2.05, 4.69) is 36.6 Å². The Morgan fingerprint density at radius 1 is 1.26 bits per heavy atom. The van der Waals surface area contributed by atoms with E-state index in [1.807, 2.05) is 11.3 Å². The zero-order valence-corrected chi connectivity index (χ0v) is 13.0. The van der Waals surface area contributed by atoms with E-state index >= 15 is 0 Å². The fourth-order valence-electron chi connectivity index (χ4n) is 3.38. The van der Waals surface area contributed by atoms with E-state index in [0.717, 1.165) is 12.3 Å². The summed E-state index contributed by atoms with van der Waals surface area (Å²) in [5, 5.41) is 4.15. The molecule has 1 saturated carbocycles. The number of fused-ring (bicyclic) bond motifs is 1. The van der Waals surface area contributed by atoms with Crippen molar-refractivity contribution >= 4 is 33.0 Å². The lowest BCUT2D eigenvalue weighted by Gasteiger charge is -2.32. The molecule has 0 aliphatic heterocycles. The Morgan fingerprint density at radius 3 is 2.95 bits per heavy atom. The van der Waals surface area contributed by atoms with Crippen molar-refractivity contribution in [3.63, 3.8) is 0 Å². The first kappa shape index (κ1) is 13.5. The topological polar surface area (TPSA) is 0 Å². The predicted molar refractivity (Wildman–Crippen MR) is 86.3 cm³/mol. The van der Waals surface area contributed by atoms with Gasteiger partial charge in [0.2, 0.25) is 0 Å². The Balaban J connectivity index is 1.80. The summed E-state index contributed by atoms with van der Waals surface area (Å²) >= 11 is 8.44. The molecular weight excluding hydrogens is 272 g/mol. The Bertz CT molecular complexity index is 545. The van der Waals surface area contributed by atoms with Gasteiger partial charge in [-0.3, -0.25) is 0 Å². The monoisotopic (exact) mass is 292 g/mol.